The predicted octanol–water partition coefficient (Wildman–Crippen LogP) is 2.01. The van der Waals surface area contributed by atoms with E-state index < -0.39 is 0 Å². The first kappa shape index (κ1) is 14.8. The van der Waals surface area contributed by atoms with Gasteiger partial charge in [-0.1, -0.05) is 13.8 Å². The normalized spacial score (nSPS) is 21.2. The summed E-state index contributed by atoms with van der Waals surface area (Å²) in [6.07, 6.45) is 3.03. The minimum absolute atomic E-state index is 0.170. The van der Waals surface area contributed by atoms with Gasteiger partial charge in [-0.3, -0.25) is 4.79 Å². The Kier molecular flexibility index (Phi) is 5.80. The zero-order chi connectivity index (χ0) is 12.9. The molecule has 0 aromatic rings. The highest BCUT2D eigenvalue weighted by Gasteiger charge is 2.29. The van der Waals surface area contributed by atoms with Gasteiger partial charge in [-0.25, -0.2) is 0 Å². The molecule has 1 fully saturated rings. The molecule has 0 aromatic carbocycles. The summed E-state index contributed by atoms with van der Waals surface area (Å²) in [5.74, 6) is 3.51. The van der Waals surface area contributed by atoms with Crippen molar-refractivity contribution in [3.63, 3.8) is 0 Å². The van der Waals surface area contributed by atoms with Crippen LogP contribution in [0.3, 0.4) is 0 Å². The molecule has 3 nitrogen and oxygen atoms in total. The second-order valence-corrected chi connectivity index (χ2v) is 6.81. The lowest BCUT2D eigenvalue weighted by Crippen LogP contribution is -2.55. The molecule has 3 N–H and O–H groups in total. The van der Waals surface area contributed by atoms with Crippen molar-refractivity contribution in [1.82, 2.24) is 5.32 Å². The maximum atomic E-state index is 12.0. The van der Waals surface area contributed by atoms with Crippen LogP contribution in [0.25, 0.3) is 0 Å². The number of thioether (sulfide) groups is 1. The molecule has 4 heteroatoms. The molecule has 1 aliphatic rings. The van der Waals surface area contributed by atoms with E-state index in [0.29, 0.717) is 24.8 Å². The molecule has 0 aliphatic carbocycles. The Morgan fingerprint density at radius 1 is 1.47 bits per heavy atom. The van der Waals surface area contributed by atoms with Gasteiger partial charge in [0.25, 0.3) is 0 Å². The van der Waals surface area contributed by atoms with Crippen LogP contribution in [-0.4, -0.2) is 29.5 Å². The molecule has 0 spiro atoms. The Labute approximate surface area is 109 Å². The van der Waals surface area contributed by atoms with E-state index in [4.69, 9.17) is 5.73 Å². The summed E-state index contributed by atoms with van der Waals surface area (Å²) in [5.41, 5.74) is 5.51. The summed E-state index contributed by atoms with van der Waals surface area (Å²) in [6.45, 7) is 6.73. The van der Waals surface area contributed by atoms with E-state index >= 15 is 0 Å². The lowest BCUT2D eigenvalue weighted by Gasteiger charge is -2.34. The Balaban J connectivity index is 2.42. The highest BCUT2D eigenvalue weighted by atomic mass is 32.2. The first-order chi connectivity index (χ1) is 7.98. The van der Waals surface area contributed by atoms with Gasteiger partial charge < -0.3 is 11.1 Å². The van der Waals surface area contributed by atoms with Gasteiger partial charge in [0, 0.05) is 13.0 Å². The summed E-state index contributed by atoms with van der Waals surface area (Å²) >= 11 is 2.00. The van der Waals surface area contributed by atoms with E-state index in [9.17, 15) is 4.79 Å². The smallest absolute Gasteiger partial charge is 0.220 e. The van der Waals surface area contributed by atoms with Crippen LogP contribution in [0.4, 0.5) is 0 Å². The van der Waals surface area contributed by atoms with Crippen LogP contribution in [0, 0.1) is 11.8 Å². The van der Waals surface area contributed by atoms with Crippen LogP contribution in [0.2, 0.25) is 0 Å². The number of carbonyl (C=O) groups excluding carboxylic acids is 1. The first-order valence-electron chi connectivity index (χ1n) is 6.56. The first-order valence-corrected chi connectivity index (χ1v) is 7.72. The topological polar surface area (TPSA) is 55.1 Å². The van der Waals surface area contributed by atoms with E-state index in [1.165, 1.54) is 24.3 Å². The van der Waals surface area contributed by atoms with Crippen LogP contribution in [0.5, 0.6) is 0 Å². The lowest BCUT2D eigenvalue weighted by molar-refractivity contribution is -0.124. The third kappa shape index (κ3) is 4.51. The number of nitrogens with two attached hydrogens (primary N) is 1. The van der Waals surface area contributed by atoms with Gasteiger partial charge in [-0.15, -0.1) is 0 Å². The minimum Gasteiger partial charge on any atom is -0.349 e. The average molecular weight is 258 g/mol. The summed E-state index contributed by atoms with van der Waals surface area (Å²) in [6, 6.07) is 0. The third-order valence-electron chi connectivity index (χ3n) is 3.94. The largest absolute Gasteiger partial charge is 0.349 e. The quantitative estimate of drug-likeness (QED) is 0.793. The number of carbonyl (C=O) groups is 1. The van der Waals surface area contributed by atoms with Crippen molar-refractivity contribution in [3.8, 4) is 0 Å². The van der Waals surface area contributed by atoms with Crippen LogP contribution in [-0.2, 0) is 4.79 Å². The Bertz CT molecular complexity index is 252. The summed E-state index contributed by atoms with van der Waals surface area (Å²) in [7, 11) is 0. The summed E-state index contributed by atoms with van der Waals surface area (Å²) < 4.78 is 0. The van der Waals surface area contributed by atoms with Gasteiger partial charge in [0.05, 0.1) is 5.54 Å². The molecule has 1 heterocycles. The van der Waals surface area contributed by atoms with Gasteiger partial charge in [-0.05, 0) is 43.1 Å². The van der Waals surface area contributed by atoms with Gasteiger partial charge in [0.1, 0.15) is 0 Å². The van der Waals surface area contributed by atoms with E-state index in [1.54, 1.807) is 0 Å². The number of rotatable bonds is 5. The van der Waals surface area contributed by atoms with Crippen LogP contribution in [0.15, 0.2) is 0 Å². The Hall–Kier alpha value is -0.220. The van der Waals surface area contributed by atoms with Gasteiger partial charge in [-0.2, -0.15) is 11.8 Å². The van der Waals surface area contributed by atoms with Crippen LogP contribution >= 0.6 is 11.8 Å². The van der Waals surface area contributed by atoms with Crippen molar-refractivity contribution in [1.29, 1.82) is 0 Å². The van der Waals surface area contributed by atoms with Crippen molar-refractivity contribution in [2.24, 2.45) is 17.6 Å². The average Bonchev–Trinajstić information content (AvgIpc) is 2.29. The second kappa shape index (κ2) is 6.64. The number of amides is 1. The molecule has 0 aromatic heterocycles. The zero-order valence-corrected chi connectivity index (χ0v) is 12.1. The molecular weight excluding hydrogens is 232 g/mol. The van der Waals surface area contributed by atoms with Crippen molar-refractivity contribution in [2.45, 2.75) is 45.6 Å². The molecule has 0 bridgehead atoms. The zero-order valence-electron chi connectivity index (χ0n) is 11.3. The maximum Gasteiger partial charge on any atom is 0.220 e. The predicted molar refractivity (Wildman–Crippen MR) is 75.1 cm³/mol. The minimum atomic E-state index is -0.263. The highest BCUT2D eigenvalue weighted by Crippen LogP contribution is 2.25. The van der Waals surface area contributed by atoms with E-state index in [1.807, 2.05) is 18.7 Å². The molecule has 1 amide bonds. The molecular formula is C13H26N2OS. The summed E-state index contributed by atoms with van der Waals surface area (Å²) in [4.78, 5) is 12.0. The van der Waals surface area contributed by atoms with E-state index in [2.05, 4.69) is 19.2 Å². The van der Waals surface area contributed by atoms with Crippen molar-refractivity contribution >= 4 is 17.7 Å². The van der Waals surface area contributed by atoms with Crippen molar-refractivity contribution < 1.29 is 4.79 Å². The van der Waals surface area contributed by atoms with Gasteiger partial charge in [0.15, 0.2) is 0 Å². The molecule has 0 saturated carbocycles. The van der Waals surface area contributed by atoms with E-state index in [-0.39, 0.29) is 11.4 Å². The lowest BCUT2D eigenvalue weighted by atomic mass is 9.87. The molecule has 1 unspecified atom stereocenters. The SMILES string of the molecule is CC(C)C(C)(CN)NC(=O)CC1CCSCC1. The van der Waals surface area contributed by atoms with Crippen LogP contribution < -0.4 is 11.1 Å². The third-order valence-corrected chi connectivity index (χ3v) is 4.99. The highest BCUT2D eigenvalue weighted by molar-refractivity contribution is 7.99. The molecule has 1 atom stereocenters. The molecule has 0 radical (unpaired) electrons. The van der Waals surface area contributed by atoms with Crippen LogP contribution in [0.1, 0.15) is 40.0 Å². The second-order valence-electron chi connectivity index (χ2n) is 5.58. The molecule has 17 heavy (non-hydrogen) atoms. The molecule has 1 rings (SSSR count). The number of hydrogen-bond acceptors (Lipinski definition) is 3. The fourth-order valence-corrected chi connectivity index (χ4v) is 3.22. The van der Waals surface area contributed by atoms with E-state index in [0.717, 1.165) is 0 Å². The Morgan fingerprint density at radius 3 is 2.53 bits per heavy atom. The standard InChI is InChI=1S/C13H26N2OS/c1-10(2)13(3,9-14)15-12(16)8-11-4-6-17-7-5-11/h10-11H,4-9,14H2,1-3H3,(H,15,16). The molecule has 1 saturated heterocycles. The summed E-state index contributed by atoms with van der Waals surface area (Å²) in [5, 5.41) is 3.12. The molecule has 100 valence electrons. The van der Waals surface area contributed by atoms with Gasteiger partial charge >= 0.3 is 0 Å². The number of hydrogen-bond donors (Lipinski definition) is 2. The van der Waals surface area contributed by atoms with Crippen molar-refractivity contribution in [3.05, 3.63) is 0 Å². The molecule has 1 aliphatic heterocycles. The fourth-order valence-electron chi connectivity index (χ4n) is 2.01. The maximum absolute atomic E-state index is 12.0. The monoisotopic (exact) mass is 258 g/mol. The van der Waals surface area contributed by atoms with Crippen molar-refractivity contribution in [2.75, 3.05) is 18.1 Å². The van der Waals surface area contributed by atoms with Gasteiger partial charge in [0.2, 0.25) is 5.91 Å². The Morgan fingerprint density at radius 2 is 2.06 bits per heavy atom. The number of nitrogens with one attached hydrogen (secondary N) is 1. The fraction of sp³-hybridized carbons (Fsp3) is 0.923.